The van der Waals surface area contributed by atoms with Crippen LogP contribution in [0.25, 0.3) is 11.0 Å². The summed E-state index contributed by atoms with van der Waals surface area (Å²) in [5.41, 5.74) is 0.998. The molecule has 0 saturated heterocycles. The van der Waals surface area contributed by atoms with Crippen molar-refractivity contribution >= 4 is 11.0 Å². The van der Waals surface area contributed by atoms with E-state index >= 15 is 0 Å². The van der Waals surface area contributed by atoms with Gasteiger partial charge in [0, 0.05) is 24.8 Å². The third-order valence-corrected chi connectivity index (χ3v) is 1.73. The predicted octanol–water partition coefficient (Wildman–Crippen LogP) is 2.30. The van der Waals surface area contributed by atoms with Gasteiger partial charge in [-0.1, -0.05) is 13.8 Å². The fourth-order valence-corrected chi connectivity index (χ4v) is 1.13. The summed E-state index contributed by atoms with van der Waals surface area (Å²) in [5.74, 6) is 0.819. The SMILES string of the molecule is CC.Cc1ncc2ccn(C)c2n1. The van der Waals surface area contributed by atoms with Crippen molar-refractivity contribution in [3.63, 3.8) is 0 Å². The highest BCUT2D eigenvalue weighted by atomic mass is 15.0. The van der Waals surface area contributed by atoms with Crippen LogP contribution in [0, 0.1) is 6.92 Å². The monoisotopic (exact) mass is 177 g/mol. The molecule has 70 valence electrons. The van der Waals surface area contributed by atoms with Crippen LogP contribution in [-0.4, -0.2) is 14.5 Å². The van der Waals surface area contributed by atoms with Crippen LogP contribution in [0.3, 0.4) is 0 Å². The number of hydrogen-bond acceptors (Lipinski definition) is 2. The average Bonchev–Trinajstić information content (AvgIpc) is 2.52. The van der Waals surface area contributed by atoms with Crippen LogP contribution in [0.15, 0.2) is 18.5 Å². The summed E-state index contributed by atoms with van der Waals surface area (Å²) in [5, 5.41) is 1.10. The summed E-state index contributed by atoms with van der Waals surface area (Å²) >= 11 is 0. The summed E-state index contributed by atoms with van der Waals surface area (Å²) in [7, 11) is 1.98. The molecule has 0 spiro atoms. The average molecular weight is 177 g/mol. The second-order valence-electron chi connectivity index (χ2n) is 2.62. The Kier molecular flexibility index (Phi) is 3.01. The van der Waals surface area contributed by atoms with Crippen molar-refractivity contribution in [2.75, 3.05) is 0 Å². The minimum absolute atomic E-state index is 0.819. The zero-order valence-corrected chi connectivity index (χ0v) is 8.57. The van der Waals surface area contributed by atoms with Crippen molar-refractivity contribution in [3.05, 3.63) is 24.3 Å². The van der Waals surface area contributed by atoms with Crippen molar-refractivity contribution in [3.8, 4) is 0 Å². The second kappa shape index (κ2) is 4.03. The fourth-order valence-electron chi connectivity index (χ4n) is 1.13. The number of aryl methyl sites for hydroxylation is 2. The van der Waals surface area contributed by atoms with Crippen LogP contribution in [-0.2, 0) is 7.05 Å². The van der Waals surface area contributed by atoms with E-state index in [-0.39, 0.29) is 0 Å². The molecule has 0 amide bonds. The molecule has 0 aromatic carbocycles. The van der Waals surface area contributed by atoms with Crippen molar-refractivity contribution in [1.29, 1.82) is 0 Å². The Bertz CT molecular complexity index is 390. The molecule has 2 heterocycles. The fraction of sp³-hybridized carbons (Fsp3) is 0.400. The molecule has 0 saturated carbocycles. The Morgan fingerprint density at radius 2 is 2.00 bits per heavy atom. The Hall–Kier alpha value is -1.38. The Morgan fingerprint density at radius 3 is 2.69 bits per heavy atom. The van der Waals surface area contributed by atoms with Gasteiger partial charge in [-0.2, -0.15) is 0 Å². The first-order chi connectivity index (χ1) is 6.27. The summed E-state index contributed by atoms with van der Waals surface area (Å²) in [4.78, 5) is 8.38. The predicted molar refractivity (Wildman–Crippen MR) is 54.6 cm³/mol. The number of nitrogens with zero attached hydrogens (tertiary/aromatic N) is 3. The lowest BCUT2D eigenvalue weighted by molar-refractivity contribution is 0.932. The highest BCUT2D eigenvalue weighted by molar-refractivity contribution is 5.74. The number of hydrogen-bond donors (Lipinski definition) is 0. The van der Waals surface area contributed by atoms with E-state index in [1.165, 1.54) is 0 Å². The molecule has 0 aliphatic heterocycles. The van der Waals surface area contributed by atoms with Gasteiger partial charge in [-0.15, -0.1) is 0 Å². The van der Waals surface area contributed by atoms with E-state index in [1.807, 2.05) is 50.8 Å². The van der Waals surface area contributed by atoms with Gasteiger partial charge >= 0.3 is 0 Å². The third-order valence-electron chi connectivity index (χ3n) is 1.73. The van der Waals surface area contributed by atoms with Gasteiger partial charge in [-0.05, 0) is 13.0 Å². The van der Waals surface area contributed by atoms with E-state index in [2.05, 4.69) is 9.97 Å². The normalized spacial score (nSPS) is 9.54. The number of fused-ring (bicyclic) bond motifs is 1. The largest absolute Gasteiger partial charge is 0.335 e. The maximum absolute atomic E-state index is 4.29. The topological polar surface area (TPSA) is 30.7 Å². The molecule has 2 aromatic heterocycles. The van der Waals surface area contributed by atoms with Crippen LogP contribution in [0.5, 0.6) is 0 Å². The van der Waals surface area contributed by atoms with Crippen molar-refractivity contribution in [2.24, 2.45) is 7.05 Å². The molecule has 3 nitrogen and oxygen atoms in total. The molecular formula is C10H15N3. The highest BCUT2D eigenvalue weighted by Crippen LogP contribution is 2.09. The van der Waals surface area contributed by atoms with Crippen LogP contribution < -0.4 is 0 Å². The highest BCUT2D eigenvalue weighted by Gasteiger charge is 1.98. The molecule has 0 radical (unpaired) electrons. The van der Waals surface area contributed by atoms with E-state index in [1.54, 1.807) is 0 Å². The van der Waals surface area contributed by atoms with Crippen LogP contribution in [0.1, 0.15) is 19.7 Å². The number of rotatable bonds is 0. The van der Waals surface area contributed by atoms with E-state index in [0.717, 1.165) is 16.9 Å². The lowest BCUT2D eigenvalue weighted by atomic mass is 10.4. The molecule has 0 atom stereocenters. The maximum Gasteiger partial charge on any atom is 0.143 e. The van der Waals surface area contributed by atoms with Crippen LogP contribution in [0.2, 0.25) is 0 Å². The first-order valence-electron chi connectivity index (χ1n) is 4.52. The summed E-state index contributed by atoms with van der Waals surface area (Å²) < 4.78 is 1.99. The Balaban J connectivity index is 0.000000396. The number of aromatic nitrogens is 3. The second-order valence-corrected chi connectivity index (χ2v) is 2.62. The molecule has 3 heteroatoms. The Morgan fingerprint density at radius 1 is 1.31 bits per heavy atom. The zero-order valence-electron chi connectivity index (χ0n) is 8.57. The third kappa shape index (κ3) is 1.86. The van der Waals surface area contributed by atoms with Crippen molar-refractivity contribution in [2.45, 2.75) is 20.8 Å². The lowest BCUT2D eigenvalue weighted by Crippen LogP contribution is -1.91. The molecule has 0 N–H and O–H groups in total. The quantitative estimate of drug-likeness (QED) is 0.618. The van der Waals surface area contributed by atoms with Crippen LogP contribution >= 0.6 is 0 Å². The zero-order chi connectivity index (χ0) is 9.84. The molecule has 2 aromatic rings. The molecule has 0 fully saturated rings. The van der Waals surface area contributed by atoms with Gasteiger partial charge < -0.3 is 4.57 Å². The van der Waals surface area contributed by atoms with Gasteiger partial charge in [0.25, 0.3) is 0 Å². The van der Waals surface area contributed by atoms with E-state index in [9.17, 15) is 0 Å². The van der Waals surface area contributed by atoms with Crippen molar-refractivity contribution in [1.82, 2.24) is 14.5 Å². The van der Waals surface area contributed by atoms with Gasteiger partial charge in [0.1, 0.15) is 11.5 Å². The van der Waals surface area contributed by atoms with E-state index in [0.29, 0.717) is 0 Å². The van der Waals surface area contributed by atoms with Crippen LogP contribution in [0.4, 0.5) is 0 Å². The molecule has 0 aliphatic carbocycles. The smallest absolute Gasteiger partial charge is 0.143 e. The van der Waals surface area contributed by atoms with Crippen molar-refractivity contribution < 1.29 is 0 Å². The minimum atomic E-state index is 0.819. The molecule has 0 unspecified atom stereocenters. The van der Waals surface area contributed by atoms with Gasteiger partial charge in [-0.3, -0.25) is 0 Å². The molecule has 0 aliphatic rings. The standard InChI is InChI=1S/C8H9N3.C2H6/c1-6-9-5-7-3-4-11(2)8(7)10-6;1-2/h3-5H,1-2H3;1-2H3. The van der Waals surface area contributed by atoms with Gasteiger partial charge in [0.15, 0.2) is 0 Å². The molecular weight excluding hydrogens is 162 g/mol. The van der Waals surface area contributed by atoms with Gasteiger partial charge in [-0.25, -0.2) is 9.97 Å². The molecule has 0 bridgehead atoms. The van der Waals surface area contributed by atoms with Gasteiger partial charge in [0.05, 0.1) is 0 Å². The van der Waals surface area contributed by atoms with E-state index < -0.39 is 0 Å². The molecule has 2 rings (SSSR count). The van der Waals surface area contributed by atoms with E-state index in [4.69, 9.17) is 0 Å². The summed E-state index contributed by atoms with van der Waals surface area (Å²) in [6.07, 6.45) is 3.83. The molecule has 13 heavy (non-hydrogen) atoms. The lowest BCUT2D eigenvalue weighted by Gasteiger charge is -1.94. The van der Waals surface area contributed by atoms with Gasteiger partial charge in [0.2, 0.25) is 0 Å². The minimum Gasteiger partial charge on any atom is -0.335 e. The Labute approximate surface area is 78.4 Å². The first kappa shape index (κ1) is 9.71. The maximum atomic E-state index is 4.29. The summed E-state index contributed by atoms with van der Waals surface area (Å²) in [6.45, 7) is 5.90. The first-order valence-corrected chi connectivity index (χ1v) is 4.52. The summed E-state index contributed by atoms with van der Waals surface area (Å²) in [6, 6.07) is 2.01.